The zero-order valence-electron chi connectivity index (χ0n) is 13.0. The molecule has 1 aromatic rings. The van der Waals surface area contributed by atoms with E-state index in [4.69, 9.17) is 5.73 Å². The highest BCUT2D eigenvalue weighted by Gasteiger charge is 2.34. The molecule has 0 bridgehead atoms. The van der Waals surface area contributed by atoms with Crippen LogP contribution in [-0.4, -0.2) is 29.3 Å². The summed E-state index contributed by atoms with van der Waals surface area (Å²) in [4.78, 5) is 26.3. The zero-order valence-corrected chi connectivity index (χ0v) is 13.0. The maximum Gasteiger partial charge on any atom is 0.237 e. The van der Waals surface area contributed by atoms with Crippen LogP contribution in [0.2, 0.25) is 0 Å². The smallest absolute Gasteiger partial charge is 0.237 e. The lowest BCUT2D eigenvalue weighted by atomic mass is 9.82. The number of hydrogen-bond donors (Lipinski definition) is 1. The average Bonchev–Trinajstić information content (AvgIpc) is 3.05. The van der Waals surface area contributed by atoms with Crippen molar-refractivity contribution in [2.75, 3.05) is 6.54 Å². The van der Waals surface area contributed by atoms with Gasteiger partial charge in [-0.15, -0.1) is 0 Å². The summed E-state index contributed by atoms with van der Waals surface area (Å²) in [6.45, 7) is 0.0577. The van der Waals surface area contributed by atoms with Crippen molar-refractivity contribution in [2.24, 2.45) is 5.73 Å². The molecule has 0 unspecified atom stereocenters. The first kappa shape index (κ1) is 15.1. The van der Waals surface area contributed by atoms with Crippen LogP contribution in [0.3, 0.4) is 0 Å². The zero-order chi connectivity index (χ0) is 15.5. The van der Waals surface area contributed by atoms with Crippen molar-refractivity contribution in [1.82, 2.24) is 4.90 Å². The normalized spacial score (nSPS) is 21.4. The Morgan fingerprint density at radius 2 is 1.82 bits per heavy atom. The van der Waals surface area contributed by atoms with Crippen LogP contribution < -0.4 is 5.73 Å². The summed E-state index contributed by atoms with van der Waals surface area (Å²) in [5.41, 5.74) is 7.81. The molecule has 2 aliphatic carbocycles. The van der Waals surface area contributed by atoms with Crippen molar-refractivity contribution < 1.29 is 9.59 Å². The fourth-order valence-electron chi connectivity index (χ4n) is 3.98. The van der Waals surface area contributed by atoms with Crippen LogP contribution in [0.4, 0.5) is 0 Å². The van der Waals surface area contributed by atoms with E-state index in [1.807, 2.05) is 12.1 Å². The molecule has 1 saturated carbocycles. The Morgan fingerprint density at radius 1 is 1.09 bits per heavy atom. The molecule has 22 heavy (non-hydrogen) atoms. The Bertz CT molecular complexity index is 564. The summed E-state index contributed by atoms with van der Waals surface area (Å²) < 4.78 is 0. The number of carbonyl (C=O) groups excluding carboxylic acids is 2. The number of fused-ring (bicyclic) bond motifs is 1. The Kier molecular flexibility index (Phi) is 4.46. The van der Waals surface area contributed by atoms with E-state index in [9.17, 15) is 9.59 Å². The third-order valence-corrected chi connectivity index (χ3v) is 5.04. The summed E-state index contributed by atoms with van der Waals surface area (Å²) in [6, 6.07) is 8.40. The third-order valence-electron chi connectivity index (χ3n) is 5.04. The van der Waals surface area contributed by atoms with Gasteiger partial charge in [-0.3, -0.25) is 9.59 Å². The van der Waals surface area contributed by atoms with E-state index in [-0.39, 0.29) is 24.4 Å². The van der Waals surface area contributed by atoms with Crippen LogP contribution in [0.5, 0.6) is 0 Å². The van der Waals surface area contributed by atoms with Crippen LogP contribution in [-0.2, 0) is 16.0 Å². The average molecular weight is 300 g/mol. The van der Waals surface area contributed by atoms with E-state index in [1.54, 1.807) is 4.90 Å². The maximum absolute atomic E-state index is 13.1. The number of amides is 2. The van der Waals surface area contributed by atoms with E-state index in [2.05, 4.69) is 12.1 Å². The quantitative estimate of drug-likeness (QED) is 0.928. The molecular formula is C18H24N2O2. The van der Waals surface area contributed by atoms with Gasteiger partial charge in [-0.2, -0.15) is 0 Å². The second-order valence-electron chi connectivity index (χ2n) is 6.51. The van der Waals surface area contributed by atoms with Gasteiger partial charge in [0.25, 0.3) is 0 Å². The highest BCUT2D eigenvalue weighted by atomic mass is 16.2. The molecule has 1 aromatic carbocycles. The van der Waals surface area contributed by atoms with Crippen molar-refractivity contribution in [2.45, 2.75) is 56.9 Å². The minimum absolute atomic E-state index is 0.0577. The van der Waals surface area contributed by atoms with Gasteiger partial charge < -0.3 is 10.6 Å². The highest BCUT2D eigenvalue weighted by Crippen LogP contribution is 2.34. The predicted octanol–water partition coefficient (Wildman–Crippen LogP) is 2.36. The molecular weight excluding hydrogens is 276 g/mol. The van der Waals surface area contributed by atoms with Gasteiger partial charge in [-0.25, -0.2) is 0 Å². The van der Waals surface area contributed by atoms with Gasteiger partial charge in [0.1, 0.15) is 0 Å². The number of aryl methyl sites for hydroxylation is 1. The molecule has 118 valence electrons. The van der Waals surface area contributed by atoms with Gasteiger partial charge in [-0.05, 0) is 43.2 Å². The summed E-state index contributed by atoms with van der Waals surface area (Å²) in [5, 5.41) is 0. The summed E-state index contributed by atoms with van der Waals surface area (Å²) in [7, 11) is 0. The molecule has 2 N–H and O–H groups in total. The number of rotatable bonds is 4. The highest BCUT2D eigenvalue weighted by molar-refractivity contribution is 5.88. The van der Waals surface area contributed by atoms with E-state index in [0.717, 1.165) is 50.5 Å². The Balaban J connectivity index is 1.85. The van der Waals surface area contributed by atoms with Crippen molar-refractivity contribution in [3.8, 4) is 0 Å². The summed E-state index contributed by atoms with van der Waals surface area (Å²) >= 11 is 0. The Hall–Kier alpha value is -1.84. The predicted molar refractivity (Wildman–Crippen MR) is 85.3 cm³/mol. The van der Waals surface area contributed by atoms with Crippen LogP contribution in [0.25, 0.3) is 0 Å². The molecule has 0 aromatic heterocycles. The van der Waals surface area contributed by atoms with Gasteiger partial charge >= 0.3 is 0 Å². The molecule has 0 heterocycles. The second-order valence-corrected chi connectivity index (χ2v) is 6.51. The topological polar surface area (TPSA) is 63.4 Å². The molecule has 0 saturated heterocycles. The lowest BCUT2D eigenvalue weighted by molar-refractivity contribution is -0.139. The number of hydrogen-bond acceptors (Lipinski definition) is 2. The van der Waals surface area contributed by atoms with E-state index in [1.165, 1.54) is 5.56 Å². The van der Waals surface area contributed by atoms with E-state index >= 15 is 0 Å². The van der Waals surface area contributed by atoms with E-state index < -0.39 is 5.91 Å². The van der Waals surface area contributed by atoms with Gasteiger partial charge in [-0.1, -0.05) is 37.1 Å². The molecule has 4 heteroatoms. The van der Waals surface area contributed by atoms with Crippen LogP contribution in [0.1, 0.15) is 55.6 Å². The lowest BCUT2D eigenvalue weighted by Crippen LogP contribution is -2.46. The fraction of sp³-hybridized carbons (Fsp3) is 0.556. The number of nitrogens with two attached hydrogens (primary N) is 1. The summed E-state index contributed by atoms with van der Waals surface area (Å²) in [5.74, 6) is -0.424. The van der Waals surface area contributed by atoms with E-state index in [0.29, 0.717) is 0 Å². The van der Waals surface area contributed by atoms with Crippen molar-refractivity contribution in [1.29, 1.82) is 0 Å². The molecule has 1 atom stereocenters. The molecule has 0 aliphatic heterocycles. The summed E-state index contributed by atoms with van der Waals surface area (Å²) in [6.07, 6.45) is 7.20. The number of carbonyl (C=O) groups is 2. The Morgan fingerprint density at radius 3 is 2.55 bits per heavy atom. The van der Waals surface area contributed by atoms with Gasteiger partial charge in [0.05, 0.1) is 12.5 Å². The van der Waals surface area contributed by atoms with Crippen LogP contribution in [0.15, 0.2) is 24.3 Å². The first-order chi connectivity index (χ1) is 10.7. The van der Waals surface area contributed by atoms with Crippen molar-refractivity contribution in [3.63, 3.8) is 0 Å². The van der Waals surface area contributed by atoms with Gasteiger partial charge in [0.15, 0.2) is 0 Å². The first-order valence-corrected chi connectivity index (χ1v) is 8.33. The molecule has 2 aliphatic rings. The SMILES string of the molecule is NC(=O)CN(C(=O)[C@@H]1CCCc2ccccc21)C1CCCC1. The monoisotopic (exact) mass is 300 g/mol. The maximum atomic E-state index is 13.1. The number of benzene rings is 1. The van der Waals surface area contributed by atoms with Crippen molar-refractivity contribution >= 4 is 11.8 Å². The minimum Gasteiger partial charge on any atom is -0.368 e. The first-order valence-electron chi connectivity index (χ1n) is 8.33. The van der Waals surface area contributed by atoms with Crippen molar-refractivity contribution in [3.05, 3.63) is 35.4 Å². The second kappa shape index (κ2) is 6.51. The van der Waals surface area contributed by atoms with Gasteiger partial charge in [0, 0.05) is 6.04 Å². The molecule has 1 fully saturated rings. The number of nitrogens with zero attached hydrogens (tertiary/aromatic N) is 1. The molecule has 0 radical (unpaired) electrons. The number of primary amides is 1. The Labute approximate surface area is 131 Å². The lowest BCUT2D eigenvalue weighted by Gasteiger charge is -2.34. The minimum atomic E-state index is -0.413. The van der Waals surface area contributed by atoms with Crippen LogP contribution >= 0.6 is 0 Å². The largest absolute Gasteiger partial charge is 0.368 e. The standard InChI is InChI=1S/C18H24N2O2/c19-17(21)12-20(14-8-2-3-9-14)18(22)16-11-5-7-13-6-1-4-10-15(13)16/h1,4,6,10,14,16H,2-3,5,7-9,11-12H2,(H2,19,21)/t16-/m1/s1. The third kappa shape index (κ3) is 3.01. The molecule has 3 rings (SSSR count). The molecule has 0 spiro atoms. The fourth-order valence-corrected chi connectivity index (χ4v) is 3.98. The van der Waals surface area contributed by atoms with Gasteiger partial charge in [0.2, 0.25) is 11.8 Å². The molecule has 2 amide bonds. The van der Waals surface area contributed by atoms with Crippen LogP contribution in [0, 0.1) is 0 Å². The molecule has 4 nitrogen and oxygen atoms in total.